The molecule has 3 fully saturated rings. The molecule has 0 radical (unpaired) electrons. The summed E-state index contributed by atoms with van der Waals surface area (Å²) in [5, 5.41) is 8.04. The Bertz CT molecular complexity index is 1100. The number of carbonyl (C=O) groups excluding carboxylic acids is 1. The number of rotatable bonds is 5. The van der Waals surface area contributed by atoms with E-state index in [9.17, 15) is 4.79 Å². The van der Waals surface area contributed by atoms with Crippen LogP contribution in [0.4, 0.5) is 5.82 Å². The van der Waals surface area contributed by atoms with E-state index >= 15 is 0 Å². The van der Waals surface area contributed by atoms with Crippen molar-refractivity contribution in [1.29, 1.82) is 0 Å². The summed E-state index contributed by atoms with van der Waals surface area (Å²) in [6.45, 7) is 6.92. The largest absolute Gasteiger partial charge is 0.473 e. The van der Waals surface area contributed by atoms with Gasteiger partial charge in [0, 0.05) is 50.3 Å². The fraction of sp³-hybridized carbons (Fsp3) is 0.704. The lowest BCUT2D eigenvalue weighted by atomic mass is 9.64. The minimum Gasteiger partial charge on any atom is -0.473 e. The molecule has 1 spiro atoms. The van der Waals surface area contributed by atoms with Crippen molar-refractivity contribution in [3.8, 4) is 17.4 Å². The molecule has 0 bridgehead atoms. The monoisotopic (exact) mass is 494 g/mol. The van der Waals surface area contributed by atoms with Crippen LogP contribution in [0.5, 0.6) is 5.88 Å². The Kier molecular flexibility index (Phi) is 6.46. The molecule has 6 rings (SSSR count). The van der Waals surface area contributed by atoms with Gasteiger partial charge in [-0.25, -0.2) is 4.98 Å². The van der Waals surface area contributed by atoms with Crippen LogP contribution in [-0.2, 0) is 16.6 Å². The van der Waals surface area contributed by atoms with Gasteiger partial charge in [0.1, 0.15) is 17.7 Å². The Balaban J connectivity index is 1.37. The van der Waals surface area contributed by atoms with Gasteiger partial charge in [0.15, 0.2) is 17.3 Å². The third kappa shape index (κ3) is 4.30. The number of fused-ring (bicyclic) bond motifs is 2. The number of Topliss-reactive ketones (excluding diaryl/α,β-unsaturated/α-hetero) is 1. The van der Waals surface area contributed by atoms with Crippen LogP contribution in [0.2, 0.25) is 0 Å². The maximum absolute atomic E-state index is 13.1. The average molecular weight is 495 g/mol. The highest BCUT2D eigenvalue weighted by Gasteiger charge is 2.48. The third-order valence-electron chi connectivity index (χ3n) is 8.74. The van der Waals surface area contributed by atoms with E-state index in [0.717, 1.165) is 94.8 Å². The molecule has 3 atom stereocenters. The van der Waals surface area contributed by atoms with Gasteiger partial charge in [-0.3, -0.25) is 4.79 Å². The second-order valence-corrected chi connectivity index (χ2v) is 11.1. The smallest absolute Gasteiger partial charge is 0.219 e. The minimum atomic E-state index is -0.506. The van der Waals surface area contributed by atoms with Crippen LogP contribution in [0.3, 0.4) is 0 Å². The summed E-state index contributed by atoms with van der Waals surface area (Å²) in [4.78, 5) is 27.6. The molecule has 0 aromatic carbocycles. The van der Waals surface area contributed by atoms with Crippen molar-refractivity contribution in [1.82, 2.24) is 25.3 Å². The highest BCUT2D eigenvalue weighted by atomic mass is 16.5. The van der Waals surface area contributed by atoms with Crippen molar-refractivity contribution < 1.29 is 14.1 Å². The zero-order valence-corrected chi connectivity index (χ0v) is 21.6. The van der Waals surface area contributed by atoms with Crippen molar-refractivity contribution in [3.63, 3.8) is 0 Å². The number of carbonyl (C=O) groups is 1. The number of ether oxygens (including phenoxy) is 1. The van der Waals surface area contributed by atoms with Gasteiger partial charge >= 0.3 is 0 Å². The number of ketones is 1. The van der Waals surface area contributed by atoms with Gasteiger partial charge in [0.2, 0.25) is 5.88 Å². The predicted molar refractivity (Wildman–Crippen MR) is 136 cm³/mol. The van der Waals surface area contributed by atoms with Gasteiger partial charge in [-0.2, -0.15) is 4.98 Å². The number of hydrogen-bond donors (Lipinski definition) is 1. The summed E-state index contributed by atoms with van der Waals surface area (Å²) in [6.07, 6.45) is 8.46. The lowest BCUT2D eigenvalue weighted by molar-refractivity contribution is -0.128. The quantitative estimate of drug-likeness (QED) is 0.672. The fourth-order valence-corrected chi connectivity index (χ4v) is 6.53. The van der Waals surface area contributed by atoms with Crippen molar-refractivity contribution in [2.75, 3.05) is 44.7 Å². The van der Waals surface area contributed by atoms with Crippen LogP contribution in [0.1, 0.15) is 69.6 Å². The van der Waals surface area contributed by atoms with Gasteiger partial charge < -0.3 is 24.4 Å². The van der Waals surface area contributed by atoms with E-state index in [1.165, 1.54) is 6.42 Å². The molecule has 2 aromatic rings. The van der Waals surface area contributed by atoms with E-state index in [2.05, 4.69) is 34.2 Å². The Morgan fingerprint density at radius 3 is 2.72 bits per heavy atom. The molecular formula is C27H38N6O3. The minimum absolute atomic E-state index is 0.00458. The van der Waals surface area contributed by atoms with Gasteiger partial charge in [-0.05, 0) is 65.5 Å². The Labute approximate surface area is 213 Å². The van der Waals surface area contributed by atoms with Crippen LogP contribution in [0.25, 0.3) is 11.5 Å². The van der Waals surface area contributed by atoms with Gasteiger partial charge in [0.05, 0.1) is 5.41 Å². The zero-order chi connectivity index (χ0) is 24.7. The molecule has 0 unspecified atom stereocenters. The van der Waals surface area contributed by atoms with Crippen LogP contribution < -0.4 is 15.0 Å². The summed E-state index contributed by atoms with van der Waals surface area (Å²) in [5.41, 5.74) is 1.19. The van der Waals surface area contributed by atoms with E-state index in [1.54, 1.807) is 0 Å². The topological polar surface area (TPSA) is 96.6 Å². The predicted octanol–water partition coefficient (Wildman–Crippen LogP) is 3.12. The summed E-state index contributed by atoms with van der Waals surface area (Å²) < 4.78 is 12.4. The Morgan fingerprint density at radius 2 is 1.94 bits per heavy atom. The number of nitrogens with zero attached hydrogens (tertiary/aromatic N) is 5. The zero-order valence-electron chi connectivity index (χ0n) is 21.6. The summed E-state index contributed by atoms with van der Waals surface area (Å²) in [6, 6.07) is 2.30. The fourth-order valence-electron chi connectivity index (χ4n) is 6.53. The van der Waals surface area contributed by atoms with Crippen molar-refractivity contribution >= 4 is 11.6 Å². The lowest BCUT2D eigenvalue weighted by Crippen LogP contribution is -2.45. The number of nitrogens with one attached hydrogen (secondary N) is 1. The van der Waals surface area contributed by atoms with Gasteiger partial charge in [0.25, 0.3) is 0 Å². The van der Waals surface area contributed by atoms with E-state index in [-0.39, 0.29) is 6.10 Å². The van der Waals surface area contributed by atoms with E-state index < -0.39 is 5.41 Å². The first-order valence-electron chi connectivity index (χ1n) is 13.8. The molecule has 1 saturated carbocycles. The Hall–Kier alpha value is -2.52. The number of hydrogen-bond acceptors (Lipinski definition) is 9. The Morgan fingerprint density at radius 1 is 1.11 bits per heavy atom. The first-order chi connectivity index (χ1) is 17.5. The van der Waals surface area contributed by atoms with Crippen molar-refractivity contribution in [3.05, 3.63) is 17.4 Å². The summed E-state index contributed by atoms with van der Waals surface area (Å²) >= 11 is 0. The highest BCUT2D eigenvalue weighted by molar-refractivity contribution is 5.91. The molecule has 36 heavy (non-hydrogen) atoms. The molecule has 2 aliphatic carbocycles. The lowest BCUT2D eigenvalue weighted by Gasteiger charge is -2.36. The summed E-state index contributed by atoms with van der Waals surface area (Å²) in [5.74, 6) is 3.06. The first-order valence-corrected chi connectivity index (χ1v) is 13.8. The average Bonchev–Trinajstić information content (AvgIpc) is 3.57. The number of aromatic nitrogens is 3. The molecule has 0 amide bonds. The number of anilines is 1. The van der Waals surface area contributed by atoms with Crippen molar-refractivity contribution in [2.24, 2.45) is 0 Å². The number of piperazine rings is 1. The summed E-state index contributed by atoms with van der Waals surface area (Å²) in [7, 11) is 2.15. The van der Waals surface area contributed by atoms with Crippen LogP contribution in [-0.4, -0.2) is 77.7 Å². The molecule has 2 saturated heterocycles. The number of likely N-dealkylation sites (N-methyl/N-ethyl adjacent to an activating group) is 1. The van der Waals surface area contributed by atoms with Crippen LogP contribution in [0.15, 0.2) is 10.6 Å². The molecule has 2 aliphatic heterocycles. The van der Waals surface area contributed by atoms with Crippen LogP contribution >= 0.6 is 0 Å². The maximum atomic E-state index is 13.1. The molecule has 194 valence electrons. The molecule has 4 aliphatic rings. The first kappa shape index (κ1) is 23.9. The van der Waals surface area contributed by atoms with E-state index in [0.29, 0.717) is 35.6 Å². The second kappa shape index (κ2) is 9.74. The molecular weight excluding hydrogens is 456 g/mol. The van der Waals surface area contributed by atoms with Crippen molar-refractivity contribution in [2.45, 2.75) is 82.3 Å². The highest BCUT2D eigenvalue weighted by Crippen LogP contribution is 2.47. The van der Waals surface area contributed by atoms with Crippen LogP contribution in [0, 0.1) is 0 Å². The van der Waals surface area contributed by atoms with E-state index in [4.69, 9.17) is 19.2 Å². The van der Waals surface area contributed by atoms with Gasteiger partial charge in [-0.15, -0.1) is 0 Å². The molecule has 2 aromatic heterocycles. The molecule has 1 N–H and O–H groups in total. The molecule has 9 heteroatoms. The van der Waals surface area contributed by atoms with E-state index in [1.807, 2.05) is 6.07 Å². The third-order valence-corrected chi connectivity index (χ3v) is 8.74. The molecule has 4 heterocycles. The standard InChI is InChI=1S/C27H38N6O3/c1-18(20-8-6-12-28-20)35-23-17-22(33-15-13-32(2)14-16-33)29-26(30-23)24-19-7-5-11-27(25(19)36-31-24)10-4-3-9-21(27)34/h17-18,20,28H,3-16H2,1-2H3/t18-,20-,27+/m0/s1. The second-order valence-electron chi connectivity index (χ2n) is 11.1. The molecule has 9 nitrogen and oxygen atoms in total. The van der Waals surface area contributed by atoms with Gasteiger partial charge in [-0.1, -0.05) is 11.6 Å². The maximum Gasteiger partial charge on any atom is 0.219 e. The normalized spacial score (nSPS) is 27.9. The SMILES string of the molecule is C[C@H](Oc1cc(N2CCN(C)CC2)nc(-c2noc3c2CCC[C@@]32CCCCC2=O)n1)[C@@H]1CCCN1.